The van der Waals surface area contributed by atoms with E-state index in [9.17, 15) is 9.90 Å². The molecule has 14 heavy (non-hydrogen) atoms. The number of β-amino-alcohol motifs (C(OH)–C–C–N with tert-alkyl or cyclic N) is 1. The van der Waals surface area contributed by atoms with Gasteiger partial charge in [-0.15, -0.1) is 0 Å². The summed E-state index contributed by atoms with van der Waals surface area (Å²) < 4.78 is 0. The molecule has 78 valence electrons. The van der Waals surface area contributed by atoms with Crippen molar-refractivity contribution in [1.82, 2.24) is 10.6 Å². The lowest BCUT2D eigenvalue weighted by molar-refractivity contribution is -0.123. The Morgan fingerprint density at radius 1 is 1.86 bits per heavy atom. The number of hydrogen-bond acceptors (Lipinski definition) is 4. The van der Waals surface area contributed by atoms with Gasteiger partial charge < -0.3 is 15.7 Å². The Morgan fingerprint density at radius 2 is 2.57 bits per heavy atom. The molecule has 1 aliphatic rings. The lowest BCUT2D eigenvalue weighted by atomic mass is 10.1. The Labute approximate surface area is 83.1 Å². The van der Waals surface area contributed by atoms with Gasteiger partial charge in [-0.2, -0.15) is 5.26 Å². The summed E-state index contributed by atoms with van der Waals surface area (Å²) in [5.74, 6) is -0.135. The van der Waals surface area contributed by atoms with E-state index in [0.717, 1.165) is 0 Å². The monoisotopic (exact) mass is 197 g/mol. The Morgan fingerprint density at radius 3 is 3.07 bits per heavy atom. The van der Waals surface area contributed by atoms with Gasteiger partial charge in [0.1, 0.15) is 0 Å². The van der Waals surface area contributed by atoms with E-state index in [1.807, 2.05) is 6.07 Å². The maximum Gasteiger partial charge on any atom is 0.237 e. The molecule has 0 aromatic heterocycles. The lowest BCUT2D eigenvalue weighted by Crippen LogP contribution is -2.44. The Kier molecular flexibility index (Phi) is 3.86. The van der Waals surface area contributed by atoms with Crippen LogP contribution in [0.25, 0.3) is 0 Å². The third-order valence-electron chi connectivity index (χ3n) is 2.21. The summed E-state index contributed by atoms with van der Waals surface area (Å²) in [7, 11) is 0. The fourth-order valence-electron chi connectivity index (χ4n) is 1.45. The highest BCUT2D eigenvalue weighted by molar-refractivity contribution is 5.82. The second kappa shape index (κ2) is 4.94. The molecule has 0 aromatic carbocycles. The zero-order valence-corrected chi connectivity index (χ0v) is 8.16. The van der Waals surface area contributed by atoms with Crippen LogP contribution in [0.4, 0.5) is 0 Å². The van der Waals surface area contributed by atoms with Crippen molar-refractivity contribution in [3.63, 3.8) is 0 Å². The molecule has 0 saturated carbocycles. The minimum atomic E-state index is -0.433. The number of rotatable bonds is 3. The van der Waals surface area contributed by atoms with Crippen molar-refractivity contribution in [1.29, 1.82) is 5.26 Å². The van der Waals surface area contributed by atoms with Crippen LogP contribution in [0.1, 0.15) is 19.8 Å². The van der Waals surface area contributed by atoms with E-state index in [0.29, 0.717) is 19.4 Å². The van der Waals surface area contributed by atoms with Crippen molar-refractivity contribution >= 4 is 5.91 Å². The number of nitrogens with zero attached hydrogens (tertiary/aromatic N) is 1. The van der Waals surface area contributed by atoms with Gasteiger partial charge >= 0.3 is 0 Å². The maximum absolute atomic E-state index is 11.5. The maximum atomic E-state index is 11.5. The summed E-state index contributed by atoms with van der Waals surface area (Å²) in [4.78, 5) is 11.5. The number of carbonyl (C=O) groups is 1. The predicted octanol–water partition coefficient (Wildman–Crippen LogP) is -0.872. The Bertz CT molecular complexity index is 249. The molecule has 1 aliphatic heterocycles. The first-order valence-corrected chi connectivity index (χ1v) is 4.72. The molecule has 0 aromatic rings. The molecule has 1 amide bonds. The zero-order chi connectivity index (χ0) is 10.6. The molecule has 1 fully saturated rings. The first kappa shape index (κ1) is 11.0. The molecule has 0 bridgehead atoms. The van der Waals surface area contributed by atoms with E-state index < -0.39 is 6.10 Å². The van der Waals surface area contributed by atoms with Gasteiger partial charge in [-0.1, -0.05) is 0 Å². The summed E-state index contributed by atoms with van der Waals surface area (Å²) in [5, 5.41) is 23.2. The minimum absolute atomic E-state index is 0.132. The normalized spacial score (nSPS) is 28.1. The van der Waals surface area contributed by atoms with Crippen LogP contribution in [0, 0.1) is 11.3 Å². The molecule has 5 nitrogen and oxygen atoms in total. The molecule has 1 heterocycles. The van der Waals surface area contributed by atoms with E-state index in [1.165, 1.54) is 0 Å². The fourth-order valence-corrected chi connectivity index (χ4v) is 1.45. The van der Waals surface area contributed by atoms with Gasteiger partial charge in [-0.25, -0.2) is 0 Å². The third kappa shape index (κ3) is 2.98. The van der Waals surface area contributed by atoms with Crippen LogP contribution in [-0.2, 0) is 4.79 Å². The number of amides is 1. The first-order valence-electron chi connectivity index (χ1n) is 4.72. The van der Waals surface area contributed by atoms with Crippen molar-refractivity contribution < 1.29 is 9.90 Å². The van der Waals surface area contributed by atoms with E-state index in [4.69, 9.17) is 5.26 Å². The quantitative estimate of drug-likeness (QED) is 0.549. The Balaban J connectivity index is 2.32. The van der Waals surface area contributed by atoms with Gasteiger partial charge in [0, 0.05) is 12.6 Å². The highest BCUT2D eigenvalue weighted by Crippen LogP contribution is 2.06. The zero-order valence-electron chi connectivity index (χ0n) is 8.16. The van der Waals surface area contributed by atoms with E-state index in [-0.39, 0.29) is 18.0 Å². The number of carbonyl (C=O) groups excluding carboxylic acids is 1. The van der Waals surface area contributed by atoms with Crippen LogP contribution >= 0.6 is 0 Å². The van der Waals surface area contributed by atoms with Crippen molar-refractivity contribution in [2.24, 2.45) is 0 Å². The number of hydrogen-bond donors (Lipinski definition) is 3. The van der Waals surface area contributed by atoms with E-state index in [2.05, 4.69) is 10.6 Å². The highest BCUT2D eigenvalue weighted by Gasteiger charge is 2.28. The SMILES string of the molecule is CC(CC#N)NC(=O)C1CC(O)CN1. The van der Waals surface area contributed by atoms with Crippen LogP contribution in [0.15, 0.2) is 0 Å². The third-order valence-corrected chi connectivity index (χ3v) is 2.21. The lowest BCUT2D eigenvalue weighted by Gasteiger charge is -2.14. The molecule has 0 aliphatic carbocycles. The second-order valence-corrected chi connectivity index (χ2v) is 3.62. The van der Waals surface area contributed by atoms with Crippen molar-refractivity contribution in [3.8, 4) is 6.07 Å². The smallest absolute Gasteiger partial charge is 0.237 e. The summed E-state index contributed by atoms with van der Waals surface area (Å²) in [6.07, 6.45) is 0.323. The molecule has 1 saturated heterocycles. The number of aliphatic hydroxyl groups excluding tert-OH is 1. The van der Waals surface area contributed by atoms with Crippen LogP contribution in [0.3, 0.4) is 0 Å². The summed E-state index contributed by atoms with van der Waals surface area (Å²) >= 11 is 0. The predicted molar refractivity (Wildman–Crippen MR) is 50.2 cm³/mol. The van der Waals surface area contributed by atoms with Gasteiger partial charge in [-0.05, 0) is 13.3 Å². The second-order valence-electron chi connectivity index (χ2n) is 3.62. The molecule has 5 heteroatoms. The minimum Gasteiger partial charge on any atom is -0.392 e. The highest BCUT2D eigenvalue weighted by atomic mass is 16.3. The summed E-state index contributed by atoms with van der Waals surface area (Å²) in [6.45, 7) is 2.25. The standard InChI is InChI=1S/C9H15N3O2/c1-6(2-3-10)12-9(14)8-4-7(13)5-11-8/h6-8,11,13H,2,4-5H2,1H3,(H,12,14). The van der Waals surface area contributed by atoms with Crippen LogP contribution in [-0.4, -0.2) is 35.7 Å². The van der Waals surface area contributed by atoms with Crippen LogP contribution in [0.5, 0.6) is 0 Å². The number of aliphatic hydroxyl groups is 1. The van der Waals surface area contributed by atoms with Crippen LogP contribution in [0.2, 0.25) is 0 Å². The van der Waals surface area contributed by atoms with Gasteiger partial charge in [-0.3, -0.25) is 4.79 Å². The number of nitrogens with one attached hydrogen (secondary N) is 2. The summed E-state index contributed by atoms with van der Waals surface area (Å²) in [5.41, 5.74) is 0. The van der Waals surface area contributed by atoms with Gasteiger partial charge in [0.05, 0.1) is 24.6 Å². The van der Waals surface area contributed by atoms with Gasteiger partial charge in [0.2, 0.25) is 5.91 Å². The molecule has 0 radical (unpaired) electrons. The average molecular weight is 197 g/mol. The number of nitriles is 1. The molecule has 1 rings (SSSR count). The van der Waals surface area contributed by atoms with Crippen molar-refractivity contribution in [2.45, 2.75) is 38.0 Å². The first-order chi connectivity index (χ1) is 6.63. The van der Waals surface area contributed by atoms with Crippen molar-refractivity contribution in [2.75, 3.05) is 6.54 Å². The molecule has 3 N–H and O–H groups in total. The fraction of sp³-hybridized carbons (Fsp3) is 0.778. The molecule has 3 atom stereocenters. The van der Waals surface area contributed by atoms with E-state index >= 15 is 0 Å². The van der Waals surface area contributed by atoms with Gasteiger partial charge in [0.15, 0.2) is 0 Å². The molecular weight excluding hydrogens is 182 g/mol. The molecular formula is C9H15N3O2. The average Bonchev–Trinajstić information content (AvgIpc) is 2.52. The molecule has 3 unspecified atom stereocenters. The van der Waals surface area contributed by atoms with Gasteiger partial charge in [0.25, 0.3) is 0 Å². The summed E-state index contributed by atoms with van der Waals surface area (Å²) in [6, 6.07) is 1.54. The van der Waals surface area contributed by atoms with Crippen molar-refractivity contribution in [3.05, 3.63) is 0 Å². The topological polar surface area (TPSA) is 85.2 Å². The largest absolute Gasteiger partial charge is 0.392 e. The van der Waals surface area contributed by atoms with E-state index in [1.54, 1.807) is 6.92 Å². The van der Waals surface area contributed by atoms with Crippen LogP contribution < -0.4 is 10.6 Å². The Hall–Kier alpha value is -1.12. The molecule has 0 spiro atoms.